The molecule has 118 valence electrons. The second kappa shape index (κ2) is 6.51. The molecule has 3 unspecified atom stereocenters. The molecule has 0 amide bonds. The van der Waals surface area contributed by atoms with E-state index < -0.39 is 29.1 Å². The molecule has 0 heterocycles. The Balaban J connectivity index is 2.05. The van der Waals surface area contributed by atoms with Crippen LogP contribution in [0.2, 0.25) is 0 Å². The molecule has 1 saturated carbocycles. The fraction of sp³-hybridized carbons (Fsp3) is 0.600. The molecule has 0 bridgehead atoms. The van der Waals surface area contributed by atoms with Crippen LogP contribution in [0.5, 0.6) is 0 Å². The van der Waals surface area contributed by atoms with E-state index in [1.165, 1.54) is 6.07 Å². The van der Waals surface area contributed by atoms with Crippen molar-refractivity contribution in [3.05, 3.63) is 35.4 Å². The topological polar surface area (TPSA) is 0 Å². The third-order valence-corrected chi connectivity index (χ3v) is 4.66. The summed E-state index contributed by atoms with van der Waals surface area (Å²) < 4.78 is 65.4. The van der Waals surface area contributed by atoms with Gasteiger partial charge in [-0.05, 0) is 43.7 Å². The number of hydrogen-bond donors (Lipinski definition) is 0. The van der Waals surface area contributed by atoms with E-state index in [-0.39, 0.29) is 30.7 Å². The second-order valence-electron chi connectivity index (χ2n) is 5.59. The van der Waals surface area contributed by atoms with Gasteiger partial charge in [0.2, 0.25) is 0 Å². The molecule has 0 aliphatic heterocycles. The van der Waals surface area contributed by atoms with Crippen LogP contribution in [0.1, 0.15) is 31.2 Å². The number of hydrogen-bond acceptors (Lipinski definition) is 0. The molecule has 0 nitrogen and oxygen atoms in total. The summed E-state index contributed by atoms with van der Waals surface area (Å²) in [7, 11) is 0. The van der Waals surface area contributed by atoms with Crippen LogP contribution in [-0.2, 0) is 6.42 Å². The van der Waals surface area contributed by atoms with Gasteiger partial charge in [0.1, 0.15) is 11.6 Å². The minimum atomic E-state index is -4.22. The van der Waals surface area contributed by atoms with Crippen LogP contribution in [0.25, 0.3) is 0 Å². The second-order valence-corrected chi connectivity index (χ2v) is 6.15. The van der Waals surface area contributed by atoms with Crippen molar-refractivity contribution in [3.63, 3.8) is 0 Å². The van der Waals surface area contributed by atoms with Gasteiger partial charge in [-0.3, -0.25) is 0 Å². The van der Waals surface area contributed by atoms with Crippen molar-refractivity contribution in [2.24, 2.45) is 11.8 Å². The highest BCUT2D eigenvalue weighted by Crippen LogP contribution is 2.42. The van der Waals surface area contributed by atoms with Gasteiger partial charge in [-0.1, -0.05) is 12.5 Å². The summed E-state index contributed by atoms with van der Waals surface area (Å²) in [5.41, 5.74) is -0.147. The Kier molecular flexibility index (Phi) is 5.12. The lowest BCUT2D eigenvalue weighted by atomic mass is 9.78. The molecule has 0 radical (unpaired) electrons. The third kappa shape index (κ3) is 4.09. The first kappa shape index (κ1) is 16.5. The van der Waals surface area contributed by atoms with E-state index in [1.807, 2.05) is 0 Å². The zero-order valence-corrected chi connectivity index (χ0v) is 12.0. The third-order valence-electron chi connectivity index (χ3n) is 4.15. The Morgan fingerprint density at radius 3 is 2.33 bits per heavy atom. The summed E-state index contributed by atoms with van der Waals surface area (Å²) in [5.74, 6) is -3.14. The van der Waals surface area contributed by atoms with Crippen LogP contribution < -0.4 is 0 Å². The quantitative estimate of drug-likeness (QED) is 0.509. The van der Waals surface area contributed by atoms with E-state index in [0.717, 1.165) is 12.1 Å². The molecular formula is C15H16ClF5. The van der Waals surface area contributed by atoms with Crippen molar-refractivity contribution in [3.8, 4) is 0 Å². The molecule has 3 atom stereocenters. The van der Waals surface area contributed by atoms with E-state index >= 15 is 0 Å². The van der Waals surface area contributed by atoms with Crippen molar-refractivity contribution < 1.29 is 22.0 Å². The maximum atomic E-state index is 13.6. The Bertz CT molecular complexity index is 465. The summed E-state index contributed by atoms with van der Waals surface area (Å²) in [6.07, 6.45) is -3.26. The number of benzene rings is 1. The maximum absolute atomic E-state index is 13.6. The van der Waals surface area contributed by atoms with Crippen LogP contribution in [0, 0.1) is 23.5 Å². The monoisotopic (exact) mass is 326 g/mol. The SMILES string of the molecule is Fc1cccc(F)c1CC(Cl)C1CCCC(C(F)(F)F)C1. The molecule has 6 heteroatoms. The molecule has 0 saturated heterocycles. The summed E-state index contributed by atoms with van der Waals surface area (Å²) >= 11 is 6.15. The molecule has 1 aromatic carbocycles. The maximum Gasteiger partial charge on any atom is 0.391 e. The van der Waals surface area contributed by atoms with Crippen molar-refractivity contribution in [1.82, 2.24) is 0 Å². The van der Waals surface area contributed by atoms with Gasteiger partial charge in [-0.25, -0.2) is 8.78 Å². The van der Waals surface area contributed by atoms with E-state index in [1.54, 1.807) is 0 Å². The fourth-order valence-electron chi connectivity index (χ4n) is 2.94. The van der Waals surface area contributed by atoms with Crippen molar-refractivity contribution in [2.45, 2.75) is 43.7 Å². The van der Waals surface area contributed by atoms with Gasteiger partial charge in [-0.2, -0.15) is 13.2 Å². The molecule has 2 rings (SSSR count). The molecular weight excluding hydrogens is 311 g/mol. The van der Waals surface area contributed by atoms with Gasteiger partial charge < -0.3 is 0 Å². The average molecular weight is 327 g/mol. The normalized spacial score (nSPS) is 24.9. The minimum Gasteiger partial charge on any atom is -0.207 e. The van der Waals surface area contributed by atoms with Crippen molar-refractivity contribution in [1.29, 1.82) is 0 Å². The Hall–Kier alpha value is -0.840. The van der Waals surface area contributed by atoms with E-state index in [9.17, 15) is 22.0 Å². The van der Waals surface area contributed by atoms with Gasteiger partial charge in [0, 0.05) is 10.9 Å². The highest BCUT2D eigenvalue weighted by atomic mass is 35.5. The lowest BCUT2D eigenvalue weighted by molar-refractivity contribution is -0.185. The lowest BCUT2D eigenvalue weighted by Gasteiger charge is -2.33. The molecule has 1 aromatic rings. The Morgan fingerprint density at radius 1 is 1.14 bits per heavy atom. The number of halogens is 6. The van der Waals surface area contributed by atoms with Gasteiger partial charge in [-0.15, -0.1) is 11.6 Å². The van der Waals surface area contributed by atoms with E-state index in [2.05, 4.69) is 0 Å². The molecule has 1 aliphatic carbocycles. The average Bonchev–Trinajstić information content (AvgIpc) is 2.42. The summed E-state index contributed by atoms with van der Waals surface area (Å²) in [6, 6.07) is 3.50. The highest BCUT2D eigenvalue weighted by molar-refractivity contribution is 6.20. The standard InChI is InChI=1S/C15H16ClF5/c16-12(8-11-13(17)5-2-6-14(11)18)9-3-1-4-10(7-9)15(19,20)21/h2,5-6,9-10,12H,1,3-4,7-8H2. The highest BCUT2D eigenvalue weighted by Gasteiger charge is 2.43. The van der Waals surface area contributed by atoms with E-state index in [4.69, 9.17) is 11.6 Å². The van der Waals surface area contributed by atoms with Crippen LogP contribution in [0.3, 0.4) is 0 Å². The van der Waals surface area contributed by atoms with Crippen LogP contribution in [0.15, 0.2) is 18.2 Å². The van der Waals surface area contributed by atoms with Crippen molar-refractivity contribution in [2.75, 3.05) is 0 Å². The van der Waals surface area contributed by atoms with Gasteiger partial charge in [0.15, 0.2) is 0 Å². The molecule has 0 spiro atoms. The molecule has 0 N–H and O–H groups in total. The summed E-state index contributed by atoms with van der Waals surface area (Å²) in [5, 5.41) is -0.693. The van der Waals surface area contributed by atoms with Crippen LogP contribution in [-0.4, -0.2) is 11.6 Å². The lowest BCUT2D eigenvalue weighted by Crippen LogP contribution is -2.32. The summed E-state index contributed by atoms with van der Waals surface area (Å²) in [6.45, 7) is 0. The molecule has 1 fully saturated rings. The van der Waals surface area contributed by atoms with Crippen molar-refractivity contribution >= 4 is 11.6 Å². The zero-order chi connectivity index (χ0) is 15.6. The Labute approximate surface area is 125 Å². The van der Waals surface area contributed by atoms with Gasteiger partial charge >= 0.3 is 6.18 Å². The largest absolute Gasteiger partial charge is 0.391 e. The molecule has 21 heavy (non-hydrogen) atoms. The molecule has 0 aromatic heterocycles. The smallest absolute Gasteiger partial charge is 0.207 e. The predicted octanol–water partition coefficient (Wildman–Crippen LogP) is 5.48. The number of alkyl halides is 4. The zero-order valence-electron chi connectivity index (χ0n) is 11.3. The number of rotatable bonds is 3. The first-order chi connectivity index (χ1) is 9.79. The van der Waals surface area contributed by atoms with Crippen LogP contribution in [0.4, 0.5) is 22.0 Å². The Morgan fingerprint density at radius 2 is 1.76 bits per heavy atom. The fourth-order valence-corrected chi connectivity index (χ4v) is 3.33. The van der Waals surface area contributed by atoms with Gasteiger partial charge in [0.25, 0.3) is 0 Å². The van der Waals surface area contributed by atoms with E-state index in [0.29, 0.717) is 12.8 Å². The summed E-state index contributed by atoms with van der Waals surface area (Å²) in [4.78, 5) is 0. The van der Waals surface area contributed by atoms with Crippen LogP contribution >= 0.6 is 11.6 Å². The first-order valence-corrected chi connectivity index (χ1v) is 7.36. The molecule has 1 aliphatic rings. The van der Waals surface area contributed by atoms with Gasteiger partial charge in [0.05, 0.1) is 5.92 Å². The predicted molar refractivity (Wildman–Crippen MR) is 71.2 cm³/mol. The first-order valence-electron chi connectivity index (χ1n) is 6.92. The minimum absolute atomic E-state index is 0.0618.